The summed E-state index contributed by atoms with van der Waals surface area (Å²) in [4.78, 5) is 0. The predicted molar refractivity (Wildman–Crippen MR) is 101 cm³/mol. The Morgan fingerprint density at radius 3 is 1.08 bits per heavy atom. The SMILES string of the molecule is Cc1ccccc1[O][Hf]([Cl])([O]c1ccccc1C)[O]c1ccccc1C. The zero-order chi connectivity index (χ0) is 18.6. The van der Waals surface area contributed by atoms with E-state index in [0.29, 0.717) is 17.2 Å². The molecule has 0 bridgehead atoms. The average Bonchev–Trinajstić information content (AvgIpc) is 2.61. The summed E-state index contributed by atoms with van der Waals surface area (Å²) in [5.41, 5.74) is 2.96. The zero-order valence-electron chi connectivity index (χ0n) is 15.0. The van der Waals surface area contributed by atoms with Gasteiger partial charge in [-0.3, -0.25) is 0 Å². The number of benzene rings is 3. The molecular weight excluding hydrogens is 514 g/mol. The maximum atomic E-state index is 6.91. The van der Waals surface area contributed by atoms with E-state index in [4.69, 9.17) is 17.1 Å². The molecule has 0 aliphatic carbocycles. The van der Waals surface area contributed by atoms with E-state index in [1.54, 1.807) is 0 Å². The molecule has 3 aromatic carbocycles. The number of para-hydroxylation sites is 3. The van der Waals surface area contributed by atoms with Gasteiger partial charge in [0.05, 0.1) is 0 Å². The van der Waals surface area contributed by atoms with Crippen LogP contribution in [-0.4, -0.2) is 0 Å². The van der Waals surface area contributed by atoms with Crippen molar-refractivity contribution >= 4 is 8.58 Å². The van der Waals surface area contributed by atoms with Crippen molar-refractivity contribution < 1.29 is 28.7 Å². The molecule has 0 saturated carbocycles. The first kappa shape index (κ1) is 19.0. The third kappa shape index (κ3) is 4.68. The molecule has 0 N–H and O–H groups in total. The van der Waals surface area contributed by atoms with Gasteiger partial charge in [0, 0.05) is 0 Å². The van der Waals surface area contributed by atoms with Crippen molar-refractivity contribution in [3.05, 3.63) is 89.5 Å². The minimum absolute atomic E-state index is 0.686. The van der Waals surface area contributed by atoms with Crippen LogP contribution in [0.15, 0.2) is 72.8 Å². The van der Waals surface area contributed by atoms with Crippen LogP contribution in [0, 0.1) is 20.8 Å². The molecule has 0 aromatic heterocycles. The molecule has 3 rings (SSSR count). The van der Waals surface area contributed by atoms with Crippen LogP contribution < -0.4 is 8.56 Å². The molecule has 3 nitrogen and oxygen atoms in total. The van der Waals surface area contributed by atoms with E-state index in [1.165, 1.54) is 0 Å². The number of hydrogen-bond acceptors (Lipinski definition) is 3. The van der Waals surface area contributed by atoms with Crippen LogP contribution in [0.5, 0.6) is 17.2 Å². The van der Waals surface area contributed by atoms with E-state index in [-0.39, 0.29) is 0 Å². The topological polar surface area (TPSA) is 27.7 Å². The normalized spacial score (nSPS) is 11.1. The molecule has 0 heterocycles. The van der Waals surface area contributed by atoms with Crippen molar-refractivity contribution in [3.8, 4) is 17.2 Å². The van der Waals surface area contributed by atoms with Crippen LogP contribution in [0.25, 0.3) is 0 Å². The Labute approximate surface area is 164 Å². The van der Waals surface area contributed by atoms with Gasteiger partial charge in [-0.1, -0.05) is 0 Å². The van der Waals surface area contributed by atoms with Gasteiger partial charge in [-0.25, -0.2) is 0 Å². The van der Waals surface area contributed by atoms with E-state index in [0.717, 1.165) is 16.7 Å². The van der Waals surface area contributed by atoms with Gasteiger partial charge in [0.1, 0.15) is 0 Å². The van der Waals surface area contributed by atoms with E-state index >= 15 is 0 Å². The predicted octanol–water partition coefficient (Wildman–Crippen LogP) is 6.20. The molecule has 0 saturated heterocycles. The van der Waals surface area contributed by atoms with Crippen LogP contribution in [0.1, 0.15) is 16.7 Å². The van der Waals surface area contributed by atoms with Gasteiger partial charge in [-0.15, -0.1) is 0 Å². The second kappa shape index (κ2) is 8.28. The van der Waals surface area contributed by atoms with E-state index in [2.05, 4.69) is 0 Å². The van der Waals surface area contributed by atoms with Crippen molar-refractivity contribution in [2.24, 2.45) is 0 Å². The van der Waals surface area contributed by atoms with Crippen molar-refractivity contribution in [2.75, 3.05) is 0 Å². The first-order valence-electron chi connectivity index (χ1n) is 8.40. The Morgan fingerprint density at radius 1 is 0.538 bits per heavy atom. The first-order chi connectivity index (χ1) is 12.5. The molecule has 0 atom stereocenters. The quantitative estimate of drug-likeness (QED) is 0.352. The van der Waals surface area contributed by atoms with Crippen molar-refractivity contribution in [1.82, 2.24) is 0 Å². The molecule has 0 unspecified atom stereocenters. The summed E-state index contributed by atoms with van der Waals surface area (Å²) in [6.45, 7) is 5.92. The molecule has 0 fully saturated rings. The molecule has 0 radical (unpaired) electrons. The number of rotatable bonds is 6. The molecule has 134 valence electrons. The first-order valence-corrected chi connectivity index (χ1v) is 17.2. The minimum atomic E-state index is -4.64. The summed E-state index contributed by atoms with van der Waals surface area (Å²) >= 11 is -4.64. The fourth-order valence-corrected chi connectivity index (χ4v) is 10.3. The van der Waals surface area contributed by atoms with Crippen molar-refractivity contribution in [3.63, 3.8) is 0 Å². The summed E-state index contributed by atoms with van der Waals surface area (Å²) < 4.78 is 18.6. The van der Waals surface area contributed by atoms with Crippen LogP contribution >= 0.6 is 8.58 Å². The van der Waals surface area contributed by atoms with E-state index < -0.39 is 20.1 Å². The summed E-state index contributed by atoms with van der Waals surface area (Å²) in [5.74, 6) is 2.06. The summed E-state index contributed by atoms with van der Waals surface area (Å²) in [6, 6.07) is 23.2. The Morgan fingerprint density at radius 2 is 0.808 bits per heavy atom. The van der Waals surface area contributed by atoms with E-state index in [1.807, 2.05) is 93.6 Å². The van der Waals surface area contributed by atoms with Crippen LogP contribution in [0.3, 0.4) is 0 Å². The molecule has 3 aromatic rings. The fourth-order valence-electron chi connectivity index (χ4n) is 2.47. The van der Waals surface area contributed by atoms with Gasteiger partial charge in [0.25, 0.3) is 0 Å². The second-order valence-corrected chi connectivity index (χ2v) is 15.5. The van der Waals surface area contributed by atoms with Gasteiger partial charge in [-0.2, -0.15) is 0 Å². The molecule has 0 aliphatic rings. The van der Waals surface area contributed by atoms with Gasteiger partial charge >= 0.3 is 165 Å². The van der Waals surface area contributed by atoms with Crippen molar-refractivity contribution in [1.29, 1.82) is 0 Å². The number of halogens is 1. The van der Waals surface area contributed by atoms with E-state index in [9.17, 15) is 0 Å². The molecule has 0 aliphatic heterocycles. The summed E-state index contributed by atoms with van der Waals surface area (Å²) in [5, 5.41) is 0. The van der Waals surface area contributed by atoms with Gasteiger partial charge in [-0.05, 0) is 0 Å². The van der Waals surface area contributed by atoms with Gasteiger partial charge in [0.15, 0.2) is 0 Å². The number of aryl methyl sites for hydroxylation is 3. The van der Waals surface area contributed by atoms with Crippen LogP contribution in [0.2, 0.25) is 0 Å². The fraction of sp³-hybridized carbons (Fsp3) is 0.143. The standard InChI is InChI=1S/3C7H8O.ClH.Hf/c3*1-6-4-2-3-5-7(6)8;;/h3*2-5,8H,1H3;1H;/q;;;;+4/p-4. The molecule has 0 amide bonds. The third-order valence-electron chi connectivity index (χ3n) is 3.98. The van der Waals surface area contributed by atoms with Gasteiger partial charge in [0.2, 0.25) is 0 Å². The Kier molecular flexibility index (Phi) is 6.05. The molecule has 0 spiro atoms. The Balaban J connectivity index is 1.96. The van der Waals surface area contributed by atoms with Gasteiger partial charge < -0.3 is 0 Å². The molecule has 26 heavy (non-hydrogen) atoms. The maximum absolute atomic E-state index is 6.91. The number of hydrogen-bond donors (Lipinski definition) is 0. The monoisotopic (exact) mass is 536 g/mol. The Hall–Kier alpha value is -1.78. The Bertz CT molecular complexity index is 782. The van der Waals surface area contributed by atoms with Crippen LogP contribution in [0.4, 0.5) is 0 Å². The average molecular weight is 535 g/mol. The summed E-state index contributed by atoms with van der Waals surface area (Å²) in [6.07, 6.45) is 0. The summed E-state index contributed by atoms with van der Waals surface area (Å²) in [7, 11) is 6.91. The molecular formula is C21H21ClHfO3. The zero-order valence-corrected chi connectivity index (χ0v) is 19.4. The molecule has 5 heteroatoms. The third-order valence-corrected chi connectivity index (χ3v) is 10.9. The second-order valence-electron chi connectivity index (χ2n) is 6.08. The van der Waals surface area contributed by atoms with Crippen molar-refractivity contribution in [2.45, 2.75) is 20.8 Å². The van der Waals surface area contributed by atoms with Crippen LogP contribution in [-0.2, 0) is 20.1 Å².